The molecule has 0 heterocycles. The van der Waals surface area contributed by atoms with E-state index in [9.17, 15) is 9.90 Å². The standard InChI is InChI=1S/C17H18O6/c1-20-14-6-11(9-18)4-5-13(14)23-16-8-12(10-19)7-15(21-2)17(16)22-3/h4-9,19H,10H2,1-3H3. The van der Waals surface area contributed by atoms with Crippen molar-refractivity contribution in [3.63, 3.8) is 0 Å². The highest BCUT2D eigenvalue weighted by Gasteiger charge is 2.16. The van der Waals surface area contributed by atoms with E-state index in [0.717, 1.165) is 6.29 Å². The lowest BCUT2D eigenvalue weighted by atomic mass is 10.2. The van der Waals surface area contributed by atoms with Crippen molar-refractivity contribution in [1.82, 2.24) is 0 Å². The molecule has 0 saturated heterocycles. The SMILES string of the molecule is COc1cc(C=O)ccc1Oc1cc(CO)cc(OC)c1OC. The molecule has 0 bridgehead atoms. The highest BCUT2D eigenvalue weighted by atomic mass is 16.5. The molecule has 0 unspecified atom stereocenters. The molecule has 1 N–H and O–H groups in total. The quantitative estimate of drug-likeness (QED) is 0.791. The summed E-state index contributed by atoms with van der Waals surface area (Å²) < 4.78 is 21.7. The topological polar surface area (TPSA) is 74.2 Å². The van der Waals surface area contributed by atoms with Gasteiger partial charge < -0.3 is 24.1 Å². The summed E-state index contributed by atoms with van der Waals surface area (Å²) in [6.07, 6.45) is 0.724. The van der Waals surface area contributed by atoms with Crippen molar-refractivity contribution in [2.75, 3.05) is 21.3 Å². The summed E-state index contributed by atoms with van der Waals surface area (Å²) >= 11 is 0. The number of carbonyl (C=O) groups is 1. The predicted molar refractivity (Wildman–Crippen MR) is 83.9 cm³/mol. The first kappa shape index (κ1) is 16.6. The third kappa shape index (κ3) is 3.54. The van der Waals surface area contributed by atoms with Crippen molar-refractivity contribution in [3.05, 3.63) is 41.5 Å². The monoisotopic (exact) mass is 318 g/mol. The zero-order valence-electron chi connectivity index (χ0n) is 13.2. The summed E-state index contributed by atoms with van der Waals surface area (Å²) in [6, 6.07) is 8.12. The van der Waals surface area contributed by atoms with Gasteiger partial charge in [-0.3, -0.25) is 4.79 Å². The van der Waals surface area contributed by atoms with E-state index in [1.165, 1.54) is 21.3 Å². The fourth-order valence-corrected chi connectivity index (χ4v) is 2.11. The van der Waals surface area contributed by atoms with Crippen molar-refractivity contribution in [3.8, 4) is 28.7 Å². The first-order valence-electron chi connectivity index (χ1n) is 6.83. The van der Waals surface area contributed by atoms with Crippen LogP contribution >= 0.6 is 0 Å². The second-order valence-corrected chi connectivity index (χ2v) is 4.62. The van der Waals surface area contributed by atoms with Crippen LogP contribution in [0.1, 0.15) is 15.9 Å². The van der Waals surface area contributed by atoms with Gasteiger partial charge in [0.2, 0.25) is 5.75 Å². The predicted octanol–water partition coefficient (Wildman–Crippen LogP) is 2.81. The molecule has 6 heteroatoms. The normalized spacial score (nSPS) is 10.1. The lowest BCUT2D eigenvalue weighted by Crippen LogP contribution is -1.98. The van der Waals surface area contributed by atoms with Crippen molar-refractivity contribution >= 4 is 6.29 Å². The molecule has 0 amide bonds. The Morgan fingerprint density at radius 2 is 1.61 bits per heavy atom. The van der Waals surface area contributed by atoms with Gasteiger partial charge in [0.1, 0.15) is 6.29 Å². The molecule has 2 aromatic rings. The minimum absolute atomic E-state index is 0.169. The van der Waals surface area contributed by atoms with E-state index < -0.39 is 0 Å². The largest absolute Gasteiger partial charge is 0.493 e. The molecule has 2 aromatic carbocycles. The molecule has 0 fully saturated rings. The molecule has 2 rings (SSSR count). The Morgan fingerprint density at radius 3 is 2.17 bits per heavy atom. The minimum atomic E-state index is -0.169. The second-order valence-electron chi connectivity index (χ2n) is 4.62. The van der Waals surface area contributed by atoms with E-state index in [-0.39, 0.29) is 6.61 Å². The first-order chi connectivity index (χ1) is 11.2. The van der Waals surface area contributed by atoms with Crippen LogP contribution in [-0.4, -0.2) is 32.7 Å². The maximum Gasteiger partial charge on any atom is 0.203 e. The number of aldehydes is 1. The van der Waals surface area contributed by atoms with Gasteiger partial charge in [0, 0.05) is 5.56 Å². The van der Waals surface area contributed by atoms with Gasteiger partial charge in [0.05, 0.1) is 27.9 Å². The lowest BCUT2D eigenvalue weighted by Gasteiger charge is -2.16. The zero-order valence-corrected chi connectivity index (χ0v) is 13.2. The molecule has 6 nitrogen and oxygen atoms in total. The van der Waals surface area contributed by atoms with Gasteiger partial charge in [0.25, 0.3) is 0 Å². The maximum atomic E-state index is 10.9. The van der Waals surface area contributed by atoms with Crippen molar-refractivity contribution < 1.29 is 28.8 Å². The fourth-order valence-electron chi connectivity index (χ4n) is 2.11. The third-order valence-corrected chi connectivity index (χ3v) is 3.23. The summed E-state index contributed by atoms with van der Waals surface area (Å²) in [5, 5.41) is 9.37. The van der Waals surface area contributed by atoms with Crippen LogP contribution in [0.5, 0.6) is 28.7 Å². The van der Waals surface area contributed by atoms with Crippen molar-refractivity contribution in [2.24, 2.45) is 0 Å². The summed E-state index contributed by atoms with van der Waals surface area (Å²) in [4.78, 5) is 10.9. The van der Waals surface area contributed by atoms with Gasteiger partial charge in [0.15, 0.2) is 23.0 Å². The average molecular weight is 318 g/mol. The number of benzene rings is 2. The molecule has 0 radical (unpaired) electrons. The van der Waals surface area contributed by atoms with Crippen LogP contribution in [0.2, 0.25) is 0 Å². The molecule has 0 aromatic heterocycles. The van der Waals surface area contributed by atoms with Gasteiger partial charge in [-0.2, -0.15) is 0 Å². The van der Waals surface area contributed by atoms with Crippen LogP contribution in [0, 0.1) is 0 Å². The molecule has 0 atom stereocenters. The molecule has 23 heavy (non-hydrogen) atoms. The number of methoxy groups -OCH3 is 3. The van der Waals surface area contributed by atoms with Crippen LogP contribution < -0.4 is 18.9 Å². The van der Waals surface area contributed by atoms with E-state index in [0.29, 0.717) is 39.9 Å². The van der Waals surface area contributed by atoms with E-state index in [2.05, 4.69) is 0 Å². The Balaban J connectivity index is 2.48. The Labute approximate surface area is 134 Å². The number of rotatable bonds is 7. The van der Waals surface area contributed by atoms with E-state index in [4.69, 9.17) is 18.9 Å². The van der Waals surface area contributed by atoms with Crippen LogP contribution in [0.15, 0.2) is 30.3 Å². The number of aliphatic hydroxyl groups excluding tert-OH is 1. The summed E-state index contributed by atoms with van der Waals surface area (Å²) in [6.45, 7) is -0.169. The van der Waals surface area contributed by atoms with Gasteiger partial charge in [-0.25, -0.2) is 0 Å². The highest BCUT2D eigenvalue weighted by Crippen LogP contribution is 2.42. The van der Waals surface area contributed by atoms with Crippen LogP contribution in [0.4, 0.5) is 0 Å². The molecule has 0 saturated carbocycles. The lowest BCUT2D eigenvalue weighted by molar-refractivity contribution is 0.112. The molecular weight excluding hydrogens is 300 g/mol. The number of hydrogen-bond donors (Lipinski definition) is 1. The van der Waals surface area contributed by atoms with E-state index in [1.54, 1.807) is 30.3 Å². The molecule has 0 aliphatic carbocycles. The smallest absolute Gasteiger partial charge is 0.203 e. The number of ether oxygens (including phenoxy) is 4. The van der Waals surface area contributed by atoms with Crippen LogP contribution in [0.25, 0.3) is 0 Å². The van der Waals surface area contributed by atoms with Crippen LogP contribution in [0.3, 0.4) is 0 Å². The fraction of sp³-hybridized carbons (Fsp3) is 0.235. The molecular formula is C17H18O6. The van der Waals surface area contributed by atoms with Gasteiger partial charge in [-0.05, 0) is 35.9 Å². The summed E-state index contributed by atoms with van der Waals surface area (Å²) in [7, 11) is 4.48. The van der Waals surface area contributed by atoms with Crippen LogP contribution in [-0.2, 0) is 6.61 Å². The number of carbonyl (C=O) groups excluding carboxylic acids is 1. The Hall–Kier alpha value is -2.73. The first-order valence-corrected chi connectivity index (χ1v) is 6.83. The van der Waals surface area contributed by atoms with E-state index in [1.807, 2.05) is 0 Å². The van der Waals surface area contributed by atoms with E-state index >= 15 is 0 Å². The molecule has 0 aliphatic rings. The van der Waals surface area contributed by atoms with Gasteiger partial charge >= 0.3 is 0 Å². The Bertz CT molecular complexity index is 696. The van der Waals surface area contributed by atoms with Crippen molar-refractivity contribution in [1.29, 1.82) is 0 Å². The minimum Gasteiger partial charge on any atom is -0.493 e. The van der Waals surface area contributed by atoms with Crippen molar-refractivity contribution in [2.45, 2.75) is 6.61 Å². The molecule has 122 valence electrons. The molecule has 0 aliphatic heterocycles. The Kier molecular flexibility index (Phi) is 5.43. The maximum absolute atomic E-state index is 10.9. The zero-order chi connectivity index (χ0) is 16.8. The molecule has 0 spiro atoms. The highest BCUT2D eigenvalue weighted by molar-refractivity contribution is 5.76. The Morgan fingerprint density at radius 1 is 0.913 bits per heavy atom. The summed E-state index contributed by atoms with van der Waals surface area (Å²) in [5.41, 5.74) is 1.09. The summed E-state index contributed by atoms with van der Waals surface area (Å²) in [5.74, 6) is 2.02. The van der Waals surface area contributed by atoms with Gasteiger partial charge in [-0.1, -0.05) is 0 Å². The third-order valence-electron chi connectivity index (χ3n) is 3.23. The average Bonchev–Trinajstić information content (AvgIpc) is 2.61. The number of hydrogen-bond acceptors (Lipinski definition) is 6. The second kappa shape index (κ2) is 7.51. The number of aliphatic hydroxyl groups is 1. The van der Waals surface area contributed by atoms with Gasteiger partial charge in [-0.15, -0.1) is 0 Å².